The minimum atomic E-state index is -0.718. The maximum Gasteiger partial charge on any atom is 0.302 e. The van der Waals surface area contributed by atoms with E-state index in [1.54, 1.807) is 5.01 Å². The molecule has 9 heteroatoms. The van der Waals surface area contributed by atoms with E-state index in [2.05, 4.69) is 17.2 Å². The van der Waals surface area contributed by atoms with Crippen molar-refractivity contribution in [2.24, 2.45) is 0 Å². The van der Waals surface area contributed by atoms with E-state index < -0.39 is 18.1 Å². The van der Waals surface area contributed by atoms with Crippen LogP contribution in [-0.2, 0) is 30.3 Å². The molecule has 2 aliphatic rings. The van der Waals surface area contributed by atoms with Crippen LogP contribution in [0.1, 0.15) is 44.6 Å². The highest BCUT2D eigenvalue weighted by Crippen LogP contribution is 2.29. The van der Waals surface area contributed by atoms with Crippen molar-refractivity contribution in [3.8, 4) is 0 Å². The van der Waals surface area contributed by atoms with Crippen LogP contribution in [0.15, 0.2) is 42.6 Å². The van der Waals surface area contributed by atoms with E-state index in [-0.39, 0.29) is 37.3 Å². The molecule has 3 amide bonds. The lowest BCUT2D eigenvalue weighted by molar-refractivity contribution is -0.163. The van der Waals surface area contributed by atoms with Gasteiger partial charge in [-0.3, -0.25) is 24.2 Å². The molecule has 2 fully saturated rings. The van der Waals surface area contributed by atoms with Crippen molar-refractivity contribution in [2.45, 2.75) is 57.5 Å². The summed E-state index contributed by atoms with van der Waals surface area (Å²) >= 11 is 0. The number of amides is 3. The Kier molecular flexibility index (Phi) is 8.46. The van der Waals surface area contributed by atoms with Gasteiger partial charge in [0, 0.05) is 25.6 Å². The second-order valence-electron chi connectivity index (χ2n) is 8.31. The number of nitrogens with one attached hydrogen (secondary N) is 2. The van der Waals surface area contributed by atoms with E-state index in [9.17, 15) is 19.2 Å². The van der Waals surface area contributed by atoms with Gasteiger partial charge in [-0.25, -0.2) is 5.01 Å². The summed E-state index contributed by atoms with van der Waals surface area (Å²) in [7, 11) is 0. The van der Waals surface area contributed by atoms with Crippen molar-refractivity contribution in [1.82, 2.24) is 20.7 Å². The van der Waals surface area contributed by atoms with Crippen LogP contribution >= 0.6 is 0 Å². The number of hydrogen-bond donors (Lipinski definition) is 2. The van der Waals surface area contributed by atoms with Gasteiger partial charge in [-0.1, -0.05) is 36.9 Å². The molecule has 0 unspecified atom stereocenters. The zero-order chi connectivity index (χ0) is 23.8. The third-order valence-corrected chi connectivity index (χ3v) is 5.84. The van der Waals surface area contributed by atoms with Crippen LogP contribution in [-0.4, -0.2) is 65.5 Å². The molecule has 2 aliphatic heterocycles. The van der Waals surface area contributed by atoms with Gasteiger partial charge in [-0.2, -0.15) is 0 Å². The molecule has 0 aliphatic carbocycles. The first-order valence-corrected chi connectivity index (χ1v) is 11.4. The molecule has 1 aromatic carbocycles. The minimum absolute atomic E-state index is 0.0677. The van der Waals surface area contributed by atoms with Crippen LogP contribution in [0, 0.1) is 0 Å². The van der Waals surface area contributed by atoms with Gasteiger partial charge in [-0.15, -0.1) is 0 Å². The number of allylic oxidation sites excluding steroid dienone is 1. The molecule has 9 nitrogen and oxygen atoms in total. The third kappa shape index (κ3) is 6.57. The van der Waals surface area contributed by atoms with Gasteiger partial charge in [0.15, 0.2) is 0 Å². The Bertz CT molecular complexity index is 888. The summed E-state index contributed by atoms with van der Waals surface area (Å²) < 4.78 is 4.85. The fraction of sp³-hybridized carbons (Fsp3) is 0.500. The Morgan fingerprint density at radius 2 is 1.94 bits per heavy atom. The molecule has 0 radical (unpaired) electrons. The highest BCUT2D eigenvalue weighted by molar-refractivity contribution is 5.92. The maximum absolute atomic E-state index is 13.4. The molecule has 0 aromatic heterocycles. The van der Waals surface area contributed by atoms with Gasteiger partial charge >= 0.3 is 5.97 Å². The number of esters is 1. The molecule has 2 atom stereocenters. The van der Waals surface area contributed by atoms with E-state index in [0.29, 0.717) is 32.2 Å². The predicted octanol–water partition coefficient (Wildman–Crippen LogP) is 1.30. The normalized spacial score (nSPS) is 20.5. The van der Waals surface area contributed by atoms with Crippen molar-refractivity contribution < 1.29 is 23.9 Å². The molecule has 178 valence electrons. The van der Waals surface area contributed by atoms with Crippen molar-refractivity contribution in [1.29, 1.82) is 0 Å². The van der Waals surface area contributed by atoms with Crippen LogP contribution in [0.3, 0.4) is 0 Å². The summed E-state index contributed by atoms with van der Waals surface area (Å²) in [6.45, 7) is 6.23. The number of rotatable bonds is 8. The minimum Gasteiger partial charge on any atom is -0.464 e. The SMILES string of the molecule is C=C1CC[C@H](NC(=O)CCc2ccccc2)C(=O)N2[C@H](C(=O)NCCOC(C)=O)CCCN12. The number of carbonyl (C=O) groups is 4. The van der Waals surface area contributed by atoms with E-state index in [1.807, 2.05) is 30.3 Å². The molecule has 0 saturated carbocycles. The Hall–Kier alpha value is -3.36. The second-order valence-corrected chi connectivity index (χ2v) is 8.31. The monoisotopic (exact) mass is 456 g/mol. The summed E-state index contributed by atoms with van der Waals surface area (Å²) in [5, 5.41) is 8.84. The lowest BCUT2D eigenvalue weighted by Gasteiger charge is -2.44. The Morgan fingerprint density at radius 3 is 2.67 bits per heavy atom. The van der Waals surface area contributed by atoms with Gasteiger partial charge in [0.2, 0.25) is 11.8 Å². The van der Waals surface area contributed by atoms with Crippen LogP contribution in [0.5, 0.6) is 0 Å². The quantitative estimate of drug-likeness (QED) is 0.451. The van der Waals surface area contributed by atoms with E-state index >= 15 is 0 Å². The molecule has 2 heterocycles. The van der Waals surface area contributed by atoms with Gasteiger partial charge in [-0.05, 0) is 37.7 Å². The predicted molar refractivity (Wildman–Crippen MR) is 121 cm³/mol. The fourth-order valence-electron chi connectivity index (χ4n) is 4.17. The Morgan fingerprint density at radius 1 is 1.18 bits per heavy atom. The van der Waals surface area contributed by atoms with Crippen LogP contribution in [0.2, 0.25) is 0 Å². The average molecular weight is 457 g/mol. The standard InChI is InChI=1S/C24H32N4O5/c1-17-10-12-20(26-22(30)13-11-19-7-4-3-5-8-19)24(32)28-21(9-6-15-27(17)28)23(31)25-14-16-33-18(2)29/h3-5,7-8,20-21H,1,6,9-16H2,2H3,(H,25,31)(H,26,30)/t20-,21-/m0/s1. The Labute approximate surface area is 194 Å². The molecule has 33 heavy (non-hydrogen) atoms. The first kappa shape index (κ1) is 24.3. The second kappa shape index (κ2) is 11.5. The third-order valence-electron chi connectivity index (χ3n) is 5.84. The fourth-order valence-corrected chi connectivity index (χ4v) is 4.17. The van der Waals surface area contributed by atoms with Gasteiger partial charge in [0.1, 0.15) is 18.7 Å². The number of ether oxygens (including phenoxy) is 1. The zero-order valence-corrected chi connectivity index (χ0v) is 19.0. The number of aryl methyl sites for hydroxylation is 1. The van der Waals surface area contributed by atoms with Crippen LogP contribution in [0.25, 0.3) is 0 Å². The molecule has 0 spiro atoms. The number of hydrogen-bond acceptors (Lipinski definition) is 6. The van der Waals surface area contributed by atoms with E-state index in [0.717, 1.165) is 17.7 Å². The summed E-state index contributed by atoms with van der Waals surface area (Å²) in [6.07, 6.45) is 3.08. The van der Waals surface area contributed by atoms with Gasteiger partial charge in [0.05, 0.1) is 6.54 Å². The molecule has 2 N–H and O–H groups in total. The number of carbonyl (C=O) groups excluding carboxylic acids is 4. The highest BCUT2D eigenvalue weighted by atomic mass is 16.5. The van der Waals surface area contributed by atoms with Crippen molar-refractivity contribution in [3.05, 3.63) is 48.2 Å². The van der Waals surface area contributed by atoms with Gasteiger partial charge in [0.25, 0.3) is 5.91 Å². The first-order valence-electron chi connectivity index (χ1n) is 11.4. The van der Waals surface area contributed by atoms with E-state index in [1.165, 1.54) is 11.9 Å². The largest absolute Gasteiger partial charge is 0.464 e. The summed E-state index contributed by atoms with van der Waals surface area (Å²) in [4.78, 5) is 49.8. The van der Waals surface area contributed by atoms with Crippen molar-refractivity contribution in [3.63, 3.8) is 0 Å². The summed E-state index contributed by atoms with van der Waals surface area (Å²) in [6, 6.07) is 8.28. The van der Waals surface area contributed by atoms with Crippen LogP contribution in [0.4, 0.5) is 0 Å². The zero-order valence-electron chi connectivity index (χ0n) is 19.0. The number of fused-ring (bicyclic) bond motifs is 1. The molecular weight excluding hydrogens is 424 g/mol. The summed E-state index contributed by atoms with van der Waals surface area (Å²) in [5.41, 5.74) is 1.81. The van der Waals surface area contributed by atoms with Gasteiger partial charge < -0.3 is 15.4 Å². The van der Waals surface area contributed by atoms with Crippen molar-refractivity contribution >= 4 is 23.7 Å². The molecule has 2 saturated heterocycles. The first-order chi connectivity index (χ1) is 15.9. The summed E-state index contributed by atoms with van der Waals surface area (Å²) in [5.74, 6) is -1.24. The smallest absolute Gasteiger partial charge is 0.302 e. The topological polar surface area (TPSA) is 108 Å². The Balaban J connectivity index is 1.64. The average Bonchev–Trinajstić information content (AvgIpc) is 2.93. The lowest BCUT2D eigenvalue weighted by atomic mass is 10.1. The lowest BCUT2D eigenvalue weighted by Crippen LogP contribution is -2.62. The molecule has 0 bridgehead atoms. The number of hydrazine groups is 1. The molecule has 1 aromatic rings. The molecule has 3 rings (SSSR count). The molecular formula is C24H32N4O5. The maximum atomic E-state index is 13.4. The number of benzene rings is 1. The van der Waals surface area contributed by atoms with Crippen LogP contribution < -0.4 is 10.6 Å². The number of nitrogens with zero attached hydrogens (tertiary/aromatic N) is 2. The van der Waals surface area contributed by atoms with Crippen molar-refractivity contribution in [2.75, 3.05) is 19.7 Å². The highest BCUT2D eigenvalue weighted by Gasteiger charge is 2.42. The van der Waals surface area contributed by atoms with E-state index in [4.69, 9.17) is 4.74 Å².